The van der Waals surface area contributed by atoms with Gasteiger partial charge in [0.15, 0.2) is 0 Å². The molecule has 0 fully saturated rings. The monoisotopic (exact) mass is 256 g/mol. The van der Waals surface area contributed by atoms with Crippen LogP contribution in [0.3, 0.4) is 0 Å². The van der Waals surface area contributed by atoms with E-state index >= 15 is 0 Å². The van der Waals surface area contributed by atoms with E-state index in [1.807, 2.05) is 0 Å². The first-order chi connectivity index (χ1) is 6.88. The second-order valence-electron chi connectivity index (χ2n) is 3.11. The van der Waals surface area contributed by atoms with Crippen molar-refractivity contribution in [1.29, 1.82) is 0 Å². The van der Waals surface area contributed by atoms with Crippen LogP contribution < -0.4 is 0 Å². The van der Waals surface area contributed by atoms with Gasteiger partial charge in [0.1, 0.15) is 0 Å². The van der Waals surface area contributed by atoms with Crippen LogP contribution in [-0.4, -0.2) is 3.21 Å². The van der Waals surface area contributed by atoms with Gasteiger partial charge in [-0.1, -0.05) is 0 Å². The minimum absolute atomic E-state index is 1.33. The van der Waals surface area contributed by atoms with Gasteiger partial charge in [-0.05, 0) is 0 Å². The van der Waals surface area contributed by atoms with Crippen LogP contribution in [0, 0.1) is 0 Å². The molecule has 2 aromatic rings. The van der Waals surface area contributed by atoms with E-state index in [0.29, 0.717) is 0 Å². The molecule has 0 nitrogen and oxygen atoms in total. The Labute approximate surface area is 98.9 Å². The van der Waals surface area contributed by atoms with Gasteiger partial charge in [-0.2, -0.15) is 0 Å². The predicted octanol–water partition coefficient (Wildman–Crippen LogP) is 2.80. The first-order valence-electron chi connectivity index (χ1n) is 4.57. The Morgan fingerprint density at radius 1 is 0.643 bits per heavy atom. The third-order valence-corrected chi connectivity index (χ3v) is 3.54. The van der Waals surface area contributed by atoms with Crippen LogP contribution in [0.1, 0.15) is 11.1 Å². The van der Waals surface area contributed by atoms with E-state index in [4.69, 9.17) is 0 Å². The molecule has 0 aliphatic carbocycles. The second-order valence-corrected chi connectivity index (χ2v) is 4.34. The van der Waals surface area contributed by atoms with Gasteiger partial charge in [0.05, 0.1) is 0 Å². The third-order valence-electron chi connectivity index (χ3n) is 2.12. The van der Waals surface area contributed by atoms with E-state index in [9.17, 15) is 0 Å². The van der Waals surface area contributed by atoms with Crippen molar-refractivity contribution in [3.63, 3.8) is 0 Å². The zero-order valence-corrected chi connectivity index (χ0v) is 10.2. The van der Waals surface area contributed by atoms with E-state index in [-0.39, 0.29) is 0 Å². The molecule has 0 saturated heterocycles. The third kappa shape index (κ3) is 2.16. The van der Waals surface area contributed by atoms with Crippen molar-refractivity contribution in [2.24, 2.45) is 0 Å². The number of benzene rings is 2. The fraction of sp³-hybridized carbons (Fsp3) is 0. The SMILES string of the molecule is [Zr]=[C](c1ccccc1)c1ccccc1. The molecule has 0 saturated carbocycles. The fourth-order valence-electron chi connectivity index (χ4n) is 1.38. The van der Waals surface area contributed by atoms with Crippen molar-refractivity contribution >= 4 is 3.21 Å². The van der Waals surface area contributed by atoms with Gasteiger partial charge in [-0.25, -0.2) is 0 Å². The van der Waals surface area contributed by atoms with Crippen LogP contribution in [0.25, 0.3) is 0 Å². The Kier molecular flexibility index (Phi) is 3.21. The normalized spacial score (nSPS) is 9.64. The number of hydrogen-bond donors (Lipinski definition) is 0. The first-order valence-corrected chi connectivity index (χ1v) is 5.80. The van der Waals surface area contributed by atoms with Crippen LogP contribution in [-0.2, 0) is 24.2 Å². The summed E-state index contributed by atoms with van der Waals surface area (Å²) in [6.45, 7) is 0. The zero-order valence-electron chi connectivity index (χ0n) is 7.77. The van der Waals surface area contributed by atoms with Crippen LogP contribution in [0.2, 0.25) is 0 Å². The summed E-state index contributed by atoms with van der Waals surface area (Å²) in [4.78, 5) is 0. The van der Waals surface area contributed by atoms with E-state index in [2.05, 4.69) is 60.7 Å². The molecule has 14 heavy (non-hydrogen) atoms. The summed E-state index contributed by atoms with van der Waals surface area (Å²) in [6.07, 6.45) is 0. The second kappa shape index (κ2) is 4.62. The van der Waals surface area contributed by atoms with Gasteiger partial charge in [0, 0.05) is 0 Å². The van der Waals surface area contributed by atoms with E-state index in [0.717, 1.165) is 0 Å². The predicted molar refractivity (Wildman–Crippen MR) is 56.1 cm³/mol. The molecular weight excluding hydrogens is 247 g/mol. The van der Waals surface area contributed by atoms with Crippen LogP contribution in [0.4, 0.5) is 0 Å². The van der Waals surface area contributed by atoms with Gasteiger partial charge in [0.2, 0.25) is 0 Å². The standard InChI is InChI=1S/C13H10.Zr/c1-3-7-12(8-4-1)11-13-9-5-2-6-10-13;/h1-10H;. The molecular formula is C13H10Zr. The molecule has 66 valence electrons. The Morgan fingerprint density at radius 2 is 1.00 bits per heavy atom. The van der Waals surface area contributed by atoms with Crippen molar-refractivity contribution in [2.75, 3.05) is 0 Å². The molecule has 0 aromatic heterocycles. The van der Waals surface area contributed by atoms with E-state index in [1.54, 1.807) is 0 Å². The summed E-state index contributed by atoms with van der Waals surface area (Å²) in [6, 6.07) is 21.1. The summed E-state index contributed by atoms with van der Waals surface area (Å²) in [5.74, 6) is 0. The minimum atomic E-state index is 1.33. The molecule has 0 bridgehead atoms. The summed E-state index contributed by atoms with van der Waals surface area (Å²) >= 11 is 1.46. The average molecular weight is 257 g/mol. The first kappa shape index (κ1) is 9.74. The molecule has 0 radical (unpaired) electrons. The molecule has 2 rings (SSSR count). The molecule has 0 amide bonds. The molecule has 1 heteroatoms. The Morgan fingerprint density at radius 3 is 1.36 bits per heavy atom. The van der Waals surface area contributed by atoms with Crippen LogP contribution in [0.15, 0.2) is 60.7 Å². The maximum absolute atomic E-state index is 2.16. The quantitative estimate of drug-likeness (QED) is 0.776. The molecule has 0 spiro atoms. The molecule has 0 heterocycles. The topological polar surface area (TPSA) is 0 Å². The molecule has 0 aliphatic heterocycles. The van der Waals surface area contributed by atoms with Crippen LogP contribution >= 0.6 is 0 Å². The number of rotatable bonds is 2. The molecule has 0 aliphatic rings. The average Bonchev–Trinajstić information content (AvgIpc) is 2.30. The fourth-order valence-corrected chi connectivity index (χ4v) is 2.20. The van der Waals surface area contributed by atoms with Gasteiger partial charge < -0.3 is 0 Å². The van der Waals surface area contributed by atoms with Gasteiger partial charge in [-0.15, -0.1) is 0 Å². The molecule has 0 N–H and O–H groups in total. The van der Waals surface area contributed by atoms with E-state index in [1.165, 1.54) is 38.6 Å². The van der Waals surface area contributed by atoms with Crippen molar-refractivity contribution in [1.82, 2.24) is 0 Å². The summed E-state index contributed by atoms with van der Waals surface area (Å²) in [5.41, 5.74) is 2.66. The summed E-state index contributed by atoms with van der Waals surface area (Å²) in [7, 11) is 0. The molecule has 0 unspecified atom stereocenters. The van der Waals surface area contributed by atoms with Crippen molar-refractivity contribution in [3.05, 3.63) is 71.8 Å². The molecule has 0 atom stereocenters. The van der Waals surface area contributed by atoms with E-state index < -0.39 is 0 Å². The van der Waals surface area contributed by atoms with Gasteiger partial charge in [0.25, 0.3) is 0 Å². The Hall–Kier alpha value is -0.807. The Balaban J connectivity index is 2.35. The Bertz CT molecular complexity index is 376. The maximum atomic E-state index is 2.16. The summed E-state index contributed by atoms with van der Waals surface area (Å²) in [5, 5.41) is 0. The van der Waals surface area contributed by atoms with Crippen molar-refractivity contribution < 1.29 is 24.2 Å². The van der Waals surface area contributed by atoms with Crippen molar-refractivity contribution in [3.8, 4) is 0 Å². The summed E-state index contributed by atoms with van der Waals surface area (Å²) < 4.78 is 1.42. The van der Waals surface area contributed by atoms with Crippen LogP contribution in [0.5, 0.6) is 0 Å². The van der Waals surface area contributed by atoms with Gasteiger partial charge >= 0.3 is 99.2 Å². The zero-order chi connectivity index (χ0) is 9.80. The molecule has 2 aromatic carbocycles. The van der Waals surface area contributed by atoms with Gasteiger partial charge in [-0.3, -0.25) is 0 Å². The number of hydrogen-bond acceptors (Lipinski definition) is 0. The van der Waals surface area contributed by atoms with Crippen molar-refractivity contribution in [2.45, 2.75) is 0 Å².